The van der Waals surface area contributed by atoms with Crippen LogP contribution in [0.1, 0.15) is 10.4 Å². The van der Waals surface area contributed by atoms with Crippen LogP contribution in [-0.2, 0) is 0 Å². The molecule has 0 aliphatic carbocycles. The van der Waals surface area contributed by atoms with Crippen LogP contribution in [0.5, 0.6) is 5.75 Å². The monoisotopic (exact) mass is 316 g/mol. The van der Waals surface area contributed by atoms with Gasteiger partial charge in [-0.25, -0.2) is 8.78 Å². The second-order valence-electron chi connectivity index (χ2n) is 4.61. The number of ether oxygens (including phenoxy) is 1. The van der Waals surface area contributed by atoms with E-state index in [4.69, 9.17) is 9.15 Å². The molecule has 0 fully saturated rings. The van der Waals surface area contributed by atoms with Gasteiger partial charge in [0.2, 0.25) is 12.3 Å². The van der Waals surface area contributed by atoms with Crippen LogP contribution in [0.25, 0.3) is 11.5 Å². The van der Waals surface area contributed by atoms with Crippen molar-refractivity contribution in [1.82, 2.24) is 10.2 Å². The zero-order valence-electron chi connectivity index (χ0n) is 11.7. The molecule has 0 saturated carbocycles. The summed E-state index contributed by atoms with van der Waals surface area (Å²) in [5.41, 5.74) is 0.758. The van der Waals surface area contributed by atoms with Crippen molar-refractivity contribution in [2.75, 3.05) is 6.61 Å². The Balaban J connectivity index is 1.63. The van der Waals surface area contributed by atoms with E-state index in [1.165, 1.54) is 12.5 Å². The average molecular weight is 316 g/mol. The molecule has 0 aliphatic heterocycles. The summed E-state index contributed by atoms with van der Waals surface area (Å²) in [4.78, 5) is 11.9. The molecule has 0 saturated heterocycles. The van der Waals surface area contributed by atoms with E-state index in [9.17, 15) is 13.6 Å². The molecule has 1 aromatic heterocycles. The zero-order chi connectivity index (χ0) is 16.2. The Morgan fingerprint density at radius 1 is 1.09 bits per heavy atom. The Labute approximate surface area is 129 Å². The van der Waals surface area contributed by atoms with E-state index < -0.39 is 17.4 Å². The maximum absolute atomic E-state index is 13.1. The topological polar surface area (TPSA) is 65.2 Å². The van der Waals surface area contributed by atoms with Crippen LogP contribution < -0.4 is 4.74 Å². The Hall–Kier alpha value is -3.09. The standard InChI is InChI=1S/C16H10F2N2O3/c17-13-6-3-11(7-14(13)18)15(21)8-22-12-4-1-10(2-5-12)16-20-19-9-23-16/h1-7,9H,8H2. The normalized spacial score (nSPS) is 10.5. The maximum Gasteiger partial charge on any atom is 0.247 e. The Morgan fingerprint density at radius 3 is 2.52 bits per heavy atom. The summed E-state index contributed by atoms with van der Waals surface area (Å²) in [5, 5.41) is 7.35. The number of carbonyl (C=O) groups is 1. The molecular weight excluding hydrogens is 306 g/mol. The molecule has 0 radical (unpaired) electrons. The van der Waals surface area contributed by atoms with Crippen LogP contribution in [0.15, 0.2) is 53.3 Å². The highest BCUT2D eigenvalue weighted by Gasteiger charge is 2.11. The summed E-state index contributed by atoms with van der Waals surface area (Å²) in [6.07, 6.45) is 1.22. The van der Waals surface area contributed by atoms with Crippen LogP contribution in [-0.4, -0.2) is 22.6 Å². The number of hydrogen-bond acceptors (Lipinski definition) is 5. The first-order valence-corrected chi connectivity index (χ1v) is 6.61. The molecule has 5 nitrogen and oxygen atoms in total. The van der Waals surface area contributed by atoms with Gasteiger partial charge in [0.15, 0.2) is 24.0 Å². The molecule has 2 aromatic carbocycles. The molecular formula is C16H10F2N2O3. The van der Waals surface area contributed by atoms with E-state index >= 15 is 0 Å². The quantitative estimate of drug-likeness (QED) is 0.676. The number of nitrogens with zero attached hydrogens (tertiary/aromatic N) is 2. The van der Waals surface area contributed by atoms with E-state index in [0.717, 1.165) is 12.1 Å². The van der Waals surface area contributed by atoms with Gasteiger partial charge in [0.25, 0.3) is 0 Å². The predicted octanol–water partition coefficient (Wildman–Crippen LogP) is 3.28. The highest BCUT2D eigenvalue weighted by molar-refractivity contribution is 5.97. The molecule has 7 heteroatoms. The Bertz CT molecular complexity index is 818. The summed E-state index contributed by atoms with van der Waals surface area (Å²) >= 11 is 0. The van der Waals surface area contributed by atoms with Crippen LogP contribution in [0.2, 0.25) is 0 Å². The molecule has 3 aromatic rings. The van der Waals surface area contributed by atoms with Crippen molar-refractivity contribution in [2.24, 2.45) is 0 Å². The minimum absolute atomic E-state index is 0.0476. The van der Waals surface area contributed by atoms with Crippen LogP contribution >= 0.6 is 0 Å². The van der Waals surface area contributed by atoms with E-state index in [1.807, 2.05) is 0 Å². The summed E-state index contributed by atoms with van der Waals surface area (Å²) in [5.74, 6) is -1.71. The molecule has 0 aliphatic rings. The SMILES string of the molecule is O=C(COc1ccc(-c2nnco2)cc1)c1ccc(F)c(F)c1. The highest BCUT2D eigenvalue weighted by Crippen LogP contribution is 2.20. The first-order valence-electron chi connectivity index (χ1n) is 6.61. The predicted molar refractivity (Wildman–Crippen MR) is 75.9 cm³/mol. The molecule has 0 amide bonds. The van der Waals surface area contributed by atoms with Crippen LogP contribution in [0, 0.1) is 11.6 Å². The lowest BCUT2D eigenvalue weighted by molar-refractivity contribution is 0.0921. The molecule has 0 bridgehead atoms. The van der Waals surface area contributed by atoms with Gasteiger partial charge in [-0.3, -0.25) is 4.79 Å². The number of carbonyl (C=O) groups excluding carboxylic acids is 1. The van der Waals surface area contributed by atoms with Gasteiger partial charge in [0.05, 0.1) is 0 Å². The highest BCUT2D eigenvalue weighted by atomic mass is 19.2. The largest absolute Gasteiger partial charge is 0.485 e. The van der Waals surface area contributed by atoms with Crippen LogP contribution in [0.4, 0.5) is 8.78 Å². The molecule has 0 atom stereocenters. The fraction of sp³-hybridized carbons (Fsp3) is 0.0625. The van der Waals surface area contributed by atoms with Gasteiger partial charge in [-0.05, 0) is 42.5 Å². The number of rotatable bonds is 5. The van der Waals surface area contributed by atoms with E-state index in [1.54, 1.807) is 24.3 Å². The molecule has 116 valence electrons. The summed E-state index contributed by atoms with van der Waals surface area (Å²) in [6, 6.07) is 9.64. The molecule has 0 spiro atoms. The number of halogens is 2. The number of hydrogen-bond donors (Lipinski definition) is 0. The van der Waals surface area contributed by atoms with Crippen molar-refractivity contribution in [3.8, 4) is 17.2 Å². The van der Waals surface area contributed by atoms with Crippen molar-refractivity contribution in [1.29, 1.82) is 0 Å². The molecule has 3 rings (SSSR count). The summed E-state index contributed by atoms with van der Waals surface area (Å²) in [7, 11) is 0. The Morgan fingerprint density at radius 2 is 1.87 bits per heavy atom. The first-order chi connectivity index (χ1) is 11.1. The van der Waals surface area contributed by atoms with Gasteiger partial charge in [-0.15, -0.1) is 10.2 Å². The van der Waals surface area contributed by atoms with E-state index in [2.05, 4.69) is 10.2 Å². The van der Waals surface area contributed by atoms with Gasteiger partial charge >= 0.3 is 0 Å². The number of aromatic nitrogens is 2. The van der Waals surface area contributed by atoms with Gasteiger partial charge in [0.1, 0.15) is 5.75 Å². The van der Waals surface area contributed by atoms with Crippen LogP contribution in [0.3, 0.4) is 0 Å². The lowest BCUT2D eigenvalue weighted by atomic mass is 10.1. The molecule has 0 N–H and O–H groups in total. The third kappa shape index (κ3) is 3.39. The minimum atomic E-state index is -1.07. The number of Topliss-reactive ketones (excluding diaryl/α,β-unsaturated/α-hetero) is 1. The van der Waals surface area contributed by atoms with Crippen molar-refractivity contribution >= 4 is 5.78 Å². The molecule has 0 unspecified atom stereocenters. The third-order valence-electron chi connectivity index (χ3n) is 3.07. The second kappa shape index (κ2) is 6.35. The van der Waals surface area contributed by atoms with E-state index in [-0.39, 0.29) is 12.2 Å². The van der Waals surface area contributed by atoms with Crippen molar-refractivity contribution in [3.63, 3.8) is 0 Å². The molecule has 23 heavy (non-hydrogen) atoms. The van der Waals surface area contributed by atoms with Crippen molar-refractivity contribution in [3.05, 3.63) is 66.1 Å². The fourth-order valence-corrected chi connectivity index (χ4v) is 1.89. The minimum Gasteiger partial charge on any atom is -0.485 e. The van der Waals surface area contributed by atoms with Crippen molar-refractivity contribution < 1.29 is 22.7 Å². The number of ketones is 1. The number of benzene rings is 2. The van der Waals surface area contributed by atoms with Crippen molar-refractivity contribution in [2.45, 2.75) is 0 Å². The van der Waals surface area contributed by atoms with Gasteiger partial charge in [0, 0.05) is 11.1 Å². The smallest absolute Gasteiger partial charge is 0.247 e. The van der Waals surface area contributed by atoms with Gasteiger partial charge in [-0.2, -0.15) is 0 Å². The second-order valence-corrected chi connectivity index (χ2v) is 4.61. The fourth-order valence-electron chi connectivity index (χ4n) is 1.89. The average Bonchev–Trinajstić information content (AvgIpc) is 3.10. The summed E-state index contributed by atoms with van der Waals surface area (Å²) < 4.78 is 36.3. The van der Waals surface area contributed by atoms with E-state index in [0.29, 0.717) is 17.2 Å². The van der Waals surface area contributed by atoms with Gasteiger partial charge < -0.3 is 9.15 Å². The van der Waals surface area contributed by atoms with Gasteiger partial charge in [-0.1, -0.05) is 0 Å². The Kier molecular flexibility index (Phi) is 4.09. The first kappa shape index (κ1) is 14.8. The third-order valence-corrected chi connectivity index (χ3v) is 3.07. The lowest BCUT2D eigenvalue weighted by Gasteiger charge is -2.06. The maximum atomic E-state index is 13.1. The molecule has 1 heterocycles. The lowest BCUT2D eigenvalue weighted by Crippen LogP contribution is -2.12. The summed E-state index contributed by atoms with van der Waals surface area (Å²) in [6.45, 7) is -0.287. The zero-order valence-corrected chi connectivity index (χ0v) is 11.7.